The average molecular weight is 414 g/mol. The molecule has 0 bridgehead atoms. The maximum atomic E-state index is 13.3. The van der Waals surface area contributed by atoms with Gasteiger partial charge in [0.15, 0.2) is 12.5 Å². The highest BCUT2D eigenvalue weighted by molar-refractivity contribution is 6.12. The van der Waals surface area contributed by atoms with Gasteiger partial charge in [-0.2, -0.15) is 0 Å². The van der Waals surface area contributed by atoms with Crippen molar-refractivity contribution in [1.82, 2.24) is 4.98 Å². The fraction of sp³-hybridized carbons (Fsp3) is 0.455. The number of benzene rings is 1. The normalized spacial score (nSPS) is 28.5. The van der Waals surface area contributed by atoms with Crippen LogP contribution in [0.15, 0.2) is 41.7 Å². The molecule has 7 nitrogen and oxygen atoms in total. The number of fused-ring (bicyclic) bond motifs is 1. The first kappa shape index (κ1) is 20.4. The molecule has 1 fully saturated rings. The molecule has 158 valence electrons. The number of cyclic esters (lactones) is 1. The van der Waals surface area contributed by atoms with Crippen molar-refractivity contribution < 1.29 is 28.7 Å². The number of nitrogens with zero attached hydrogens (tertiary/aromatic N) is 2. The zero-order valence-corrected chi connectivity index (χ0v) is 16.8. The summed E-state index contributed by atoms with van der Waals surface area (Å²) in [5.74, 6) is -4.58. The van der Waals surface area contributed by atoms with Gasteiger partial charge in [-0.25, -0.2) is 4.39 Å². The van der Waals surface area contributed by atoms with Crippen LogP contribution < -0.4 is 0 Å². The number of carbonyl (C=O) groups is 2. The van der Waals surface area contributed by atoms with E-state index in [0.29, 0.717) is 11.4 Å². The highest BCUT2D eigenvalue weighted by atomic mass is 19.1. The molecule has 1 aromatic heterocycles. The quantitative estimate of drug-likeness (QED) is 0.730. The van der Waals surface area contributed by atoms with Crippen LogP contribution >= 0.6 is 0 Å². The van der Waals surface area contributed by atoms with Gasteiger partial charge in [-0.3, -0.25) is 14.6 Å². The summed E-state index contributed by atoms with van der Waals surface area (Å²) in [5, 5.41) is 16.3. The van der Waals surface area contributed by atoms with E-state index in [9.17, 15) is 19.1 Å². The lowest BCUT2D eigenvalue weighted by molar-refractivity contribution is -0.210. The second-order valence-electron chi connectivity index (χ2n) is 8.21. The number of pyridine rings is 1. The van der Waals surface area contributed by atoms with Crippen molar-refractivity contribution in [3.8, 4) is 0 Å². The van der Waals surface area contributed by atoms with Crippen LogP contribution in [0.25, 0.3) is 10.8 Å². The third kappa shape index (κ3) is 3.25. The Kier molecular flexibility index (Phi) is 5.05. The summed E-state index contributed by atoms with van der Waals surface area (Å²) in [6.45, 7) is 2.41. The van der Waals surface area contributed by atoms with Gasteiger partial charge in [0.25, 0.3) is 0 Å². The van der Waals surface area contributed by atoms with Crippen LogP contribution in [0.3, 0.4) is 0 Å². The predicted octanol–water partition coefficient (Wildman–Crippen LogP) is 2.93. The largest absolute Gasteiger partial charge is 0.430 e. The number of Topliss-reactive ketones (excluding diaryl/α,β-unsaturated/α-hetero) is 1. The SMILES string of the molecule is CC(C)[C@@]1(C(=O)C[C@H]2CC(=O)O[C@@]2(O)CF)CC(c2nccc3ccccc23)=NO1. The molecule has 1 aromatic carbocycles. The number of aliphatic hydroxyl groups is 1. The second-order valence-corrected chi connectivity index (χ2v) is 8.21. The van der Waals surface area contributed by atoms with Crippen molar-refractivity contribution in [3.05, 3.63) is 42.2 Å². The maximum absolute atomic E-state index is 13.3. The van der Waals surface area contributed by atoms with E-state index in [1.807, 2.05) is 44.2 Å². The van der Waals surface area contributed by atoms with Crippen LogP contribution in [-0.4, -0.2) is 45.6 Å². The minimum atomic E-state index is -2.27. The lowest BCUT2D eigenvalue weighted by atomic mass is 9.77. The van der Waals surface area contributed by atoms with Gasteiger partial charge in [0.05, 0.1) is 12.1 Å². The first-order valence-corrected chi connectivity index (χ1v) is 9.92. The molecular formula is C22H23FN2O5. The molecule has 3 heterocycles. The fourth-order valence-corrected chi connectivity index (χ4v) is 4.15. The number of carbonyl (C=O) groups excluding carboxylic acids is 2. The Labute approximate surface area is 172 Å². The van der Waals surface area contributed by atoms with Gasteiger partial charge in [-0.05, 0) is 11.5 Å². The number of hydrogen-bond acceptors (Lipinski definition) is 7. The average Bonchev–Trinajstić information content (AvgIpc) is 3.30. The highest BCUT2D eigenvalue weighted by Gasteiger charge is 2.54. The van der Waals surface area contributed by atoms with E-state index >= 15 is 0 Å². The summed E-state index contributed by atoms with van der Waals surface area (Å²) < 4.78 is 18.0. The number of oxime groups is 1. The number of esters is 1. The molecule has 2 aromatic rings. The second kappa shape index (κ2) is 7.43. The van der Waals surface area contributed by atoms with E-state index in [1.165, 1.54) is 0 Å². The van der Waals surface area contributed by atoms with E-state index in [2.05, 4.69) is 10.1 Å². The highest BCUT2D eigenvalue weighted by Crippen LogP contribution is 2.40. The Morgan fingerprint density at radius 2 is 2.10 bits per heavy atom. The van der Waals surface area contributed by atoms with E-state index in [1.54, 1.807) is 6.20 Å². The lowest BCUT2D eigenvalue weighted by Gasteiger charge is -2.31. The van der Waals surface area contributed by atoms with E-state index < -0.39 is 29.9 Å². The van der Waals surface area contributed by atoms with Gasteiger partial charge in [0.2, 0.25) is 11.4 Å². The van der Waals surface area contributed by atoms with Crippen molar-refractivity contribution in [1.29, 1.82) is 0 Å². The Morgan fingerprint density at radius 3 is 2.83 bits per heavy atom. The molecule has 4 rings (SSSR count). The van der Waals surface area contributed by atoms with Gasteiger partial charge in [-0.1, -0.05) is 43.3 Å². The van der Waals surface area contributed by atoms with Crippen LogP contribution in [-0.2, 0) is 19.2 Å². The van der Waals surface area contributed by atoms with Crippen LogP contribution in [0.5, 0.6) is 0 Å². The maximum Gasteiger partial charge on any atom is 0.308 e. The van der Waals surface area contributed by atoms with Crippen molar-refractivity contribution >= 4 is 28.2 Å². The van der Waals surface area contributed by atoms with Crippen molar-refractivity contribution in [2.45, 2.75) is 44.5 Å². The van der Waals surface area contributed by atoms with Gasteiger partial charge < -0.3 is 14.7 Å². The summed E-state index contributed by atoms with van der Waals surface area (Å²) in [5.41, 5.74) is -0.0898. The minimum absolute atomic E-state index is 0.195. The van der Waals surface area contributed by atoms with Crippen LogP contribution in [0, 0.1) is 11.8 Å². The number of halogens is 1. The molecular weight excluding hydrogens is 391 g/mol. The van der Waals surface area contributed by atoms with Gasteiger partial charge in [0, 0.05) is 36.3 Å². The molecule has 0 unspecified atom stereocenters. The number of ether oxygens (including phenoxy) is 1. The number of rotatable bonds is 6. The summed E-state index contributed by atoms with van der Waals surface area (Å²) in [6, 6.07) is 9.62. The zero-order valence-electron chi connectivity index (χ0n) is 16.8. The third-order valence-corrected chi connectivity index (χ3v) is 6.07. The molecule has 0 radical (unpaired) electrons. The fourth-order valence-electron chi connectivity index (χ4n) is 4.15. The molecule has 8 heteroatoms. The molecule has 1 saturated heterocycles. The van der Waals surface area contributed by atoms with Gasteiger partial charge in [-0.15, -0.1) is 0 Å². The first-order chi connectivity index (χ1) is 14.3. The Balaban J connectivity index is 1.61. The summed E-state index contributed by atoms with van der Waals surface area (Å²) in [4.78, 5) is 35.0. The smallest absolute Gasteiger partial charge is 0.308 e. The monoisotopic (exact) mass is 414 g/mol. The molecule has 30 heavy (non-hydrogen) atoms. The van der Waals surface area contributed by atoms with E-state index in [4.69, 9.17) is 9.57 Å². The number of ketones is 1. The Hall–Kier alpha value is -2.87. The number of alkyl halides is 1. The van der Waals surface area contributed by atoms with Crippen molar-refractivity contribution in [3.63, 3.8) is 0 Å². The molecule has 1 N–H and O–H groups in total. The molecule has 2 aliphatic heterocycles. The van der Waals surface area contributed by atoms with E-state index in [-0.39, 0.29) is 31.0 Å². The summed E-state index contributed by atoms with van der Waals surface area (Å²) >= 11 is 0. The standard InChI is InChI=1S/C22H23FN2O5/c1-13(2)21(18(26)9-15-10-19(27)29-22(15,28)12-23)11-17(25-30-21)20-16-6-4-3-5-14(16)7-8-24-20/h3-8,13,15,28H,9-12H2,1-2H3/t15-,21+,22-/m0/s1. The summed E-state index contributed by atoms with van der Waals surface area (Å²) in [6.07, 6.45) is 1.40. The molecule has 0 saturated carbocycles. The Morgan fingerprint density at radius 1 is 1.33 bits per heavy atom. The Bertz CT molecular complexity index is 1030. The summed E-state index contributed by atoms with van der Waals surface area (Å²) in [7, 11) is 0. The van der Waals surface area contributed by atoms with E-state index in [0.717, 1.165) is 10.8 Å². The minimum Gasteiger partial charge on any atom is -0.430 e. The first-order valence-electron chi connectivity index (χ1n) is 9.92. The van der Waals surface area contributed by atoms with Gasteiger partial charge >= 0.3 is 5.97 Å². The number of hydrogen-bond donors (Lipinski definition) is 1. The third-order valence-electron chi connectivity index (χ3n) is 6.07. The molecule has 3 atom stereocenters. The van der Waals surface area contributed by atoms with Gasteiger partial charge in [0.1, 0.15) is 5.71 Å². The molecule has 0 amide bonds. The van der Waals surface area contributed by atoms with Crippen LogP contribution in [0.2, 0.25) is 0 Å². The van der Waals surface area contributed by atoms with Crippen LogP contribution in [0.4, 0.5) is 4.39 Å². The molecule has 0 aliphatic carbocycles. The number of aromatic nitrogens is 1. The van der Waals surface area contributed by atoms with Crippen molar-refractivity contribution in [2.24, 2.45) is 17.0 Å². The van der Waals surface area contributed by atoms with Crippen molar-refractivity contribution in [2.75, 3.05) is 6.67 Å². The molecule has 2 aliphatic rings. The lowest BCUT2D eigenvalue weighted by Crippen LogP contribution is -2.47. The zero-order chi connectivity index (χ0) is 21.5. The predicted molar refractivity (Wildman–Crippen MR) is 106 cm³/mol. The van der Waals surface area contributed by atoms with Crippen LogP contribution in [0.1, 0.15) is 38.8 Å². The molecule has 0 spiro atoms. The topological polar surface area (TPSA) is 98.1 Å².